The summed E-state index contributed by atoms with van der Waals surface area (Å²) in [5.74, 6) is -6.34. The molecule has 1 aliphatic heterocycles. The first-order valence-electron chi connectivity index (χ1n) is 9.16. The van der Waals surface area contributed by atoms with Gasteiger partial charge in [0.05, 0.1) is 5.56 Å². The van der Waals surface area contributed by atoms with E-state index in [-0.39, 0.29) is 17.0 Å². The Morgan fingerprint density at radius 1 is 1.31 bits per heavy atom. The number of carbonyl (C=O) groups is 4. The maximum atomic E-state index is 12.9. The van der Waals surface area contributed by atoms with Gasteiger partial charge in [0, 0.05) is 23.4 Å². The van der Waals surface area contributed by atoms with Gasteiger partial charge in [-0.15, -0.1) is 0 Å². The summed E-state index contributed by atoms with van der Waals surface area (Å²) < 4.78 is 34.1. The molecule has 172 valence electrons. The third-order valence-electron chi connectivity index (χ3n) is 4.80. The van der Waals surface area contributed by atoms with Gasteiger partial charge in [-0.1, -0.05) is 24.5 Å². The molecule has 1 aliphatic rings. The quantitative estimate of drug-likeness (QED) is 0.133. The highest BCUT2D eigenvalue weighted by atomic mass is 32.2. The highest BCUT2D eigenvalue weighted by Crippen LogP contribution is 2.33. The first-order valence-corrected chi connectivity index (χ1v) is 10.7. The van der Waals surface area contributed by atoms with Gasteiger partial charge in [-0.05, 0) is 24.1 Å². The van der Waals surface area contributed by atoms with Crippen molar-refractivity contribution in [2.24, 2.45) is 5.11 Å². The number of nitrogens with one attached hydrogen (secondary N) is 1. The molecule has 1 aromatic rings. The van der Waals surface area contributed by atoms with Crippen LogP contribution in [0.15, 0.2) is 23.3 Å². The highest BCUT2D eigenvalue weighted by molar-refractivity contribution is 7.86. The lowest BCUT2D eigenvalue weighted by Gasteiger charge is -2.41. The zero-order valence-corrected chi connectivity index (χ0v) is 17.4. The molecule has 0 radical (unpaired) electrons. The summed E-state index contributed by atoms with van der Waals surface area (Å²) in [6.07, 6.45) is -1.40. The molecule has 1 fully saturated rings. The minimum absolute atomic E-state index is 0.00229. The number of likely N-dealkylation sites (tertiary alicyclic amines) is 1. The predicted molar refractivity (Wildman–Crippen MR) is 106 cm³/mol. The van der Waals surface area contributed by atoms with Crippen molar-refractivity contribution in [2.45, 2.75) is 43.5 Å². The summed E-state index contributed by atoms with van der Waals surface area (Å²) in [5, 5.41) is 22.9. The molecular weight excluding hydrogens is 450 g/mol. The smallest absolute Gasteiger partial charge is 0.352 e. The number of carboxylic acids is 1. The van der Waals surface area contributed by atoms with Crippen LogP contribution < -0.4 is 5.32 Å². The number of phenols is 1. The summed E-state index contributed by atoms with van der Waals surface area (Å²) in [7, 11) is -5.23. The Morgan fingerprint density at radius 2 is 1.91 bits per heavy atom. The molecule has 0 spiro atoms. The second kappa shape index (κ2) is 9.21. The van der Waals surface area contributed by atoms with Crippen LogP contribution in [0.3, 0.4) is 0 Å². The van der Waals surface area contributed by atoms with Crippen molar-refractivity contribution >= 4 is 39.5 Å². The summed E-state index contributed by atoms with van der Waals surface area (Å²) in [6.45, 7) is 1.46. The van der Waals surface area contributed by atoms with E-state index < -0.39 is 75.3 Å². The fraction of sp³-hybridized carbons (Fsp3) is 0.412. The van der Waals surface area contributed by atoms with Crippen molar-refractivity contribution in [3.63, 3.8) is 0 Å². The Balaban J connectivity index is 2.71. The van der Waals surface area contributed by atoms with Crippen LogP contribution in [-0.2, 0) is 24.5 Å². The number of rotatable bonds is 9. The van der Waals surface area contributed by atoms with Crippen LogP contribution in [0.1, 0.15) is 43.0 Å². The van der Waals surface area contributed by atoms with E-state index in [1.165, 1.54) is 6.92 Å². The van der Waals surface area contributed by atoms with Crippen molar-refractivity contribution in [3.05, 3.63) is 34.2 Å². The van der Waals surface area contributed by atoms with Crippen molar-refractivity contribution in [2.75, 3.05) is 0 Å². The number of phenolic OH excluding ortho intramolecular Hbond substituents is 1. The van der Waals surface area contributed by atoms with Gasteiger partial charge < -0.3 is 15.5 Å². The van der Waals surface area contributed by atoms with E-state index in [0.29, 0.717) is 0 Å². The third-order valence-corrected chi connectivity index (χ3v) is 6.09. The normalized spacial score (nSPS) is 16.8. The molecule has 2 atom stereocenters. The SMILES string of the molecule is CCCC(C(NC(=O)c1ccc(N=[N+]=[N-])cc1O)(C(=O)O)N1C(=O)CCC1=O)S(=O)(=O)O. The fourth-order valence-corrected chi connectivity index (χ4v) is 4.67. The van der Waals surface area contributed by atoms with Crippen molar-refractivity contribution in [1.29, 1.82) is 0 Å². The second-order valence-corrected chi connectivity index (χ2v) is 8.43. The number of aliphatic carboxylic acids is 1. The van der Waals surface area contributed by atoms with Gasteiger partial charge in [-0.25, -0.2) is 9.69 Å². The summed E-state index contributed by atoms with van der Waals surface area (Å²) in [6, 6.07) is 2.95. The van der Waals surface area contributed by atoms with E-state index in [1.54, 1.807) is 0 Å². The average Bonchev–Trinajstić information content (AvgIpc) is 3.02. The molecule has 1 saturated heterocycles. The monoisotopic (exact) mass is 469 g/mol. The molecule has 1 aromatic carbocycles. The number of aromatic hydroxyl groups is 1. The predicted octanol–water partition coefficient (Wildman–Crippen LogP) is 1.05. The highest BCUT2D eigenvalue weighted by Gasteiger charge is 2.61. The van der Waals surface area contributed by atoms with Crippen molar-refractivity contribution < 1.29 is 42.4 Å². The average molecular weight is 469 g/mol. The number of imide groups is 1. The van der Waals surface area contributed by atoms with Crippen LogP contribution in [-0.4, -0.2) is 62.7 Å². The Bertz CT molecular complexity index is 1110. The van der Waals surface area contributed by atoms with E-state index in [9.17, 15) is 42.4 Å². The van der Waals surface area contributed by atoms with Gasteiger partial charge in [0.15, 0.2) is 0 Å². The van der Waals surface area contributed by atoms with E-state index in [4.69, 9.17) is 5.53 Å². The zero-order chi connectivity index (χ0) is 24.3. The van der Waals surface area contributed by atoms with Crippen LogP contribution in [0.2, 0.25) is 0 Å². The summed E-state index contributed by atoms with van der Waals surface area (Å²) >= 11 is 0. The van der Waals surface area contributed by atoms with Gasteiger partial charge in [0.1, 0.15) is 11.0 Å². The lowest BCUT2D eigenvalue weighted by atomic mass is 9.98. The molecule has 1 heterocycles. The molecule has 0 bridgehead atoms. The minimum atomic E-state index is -5.23. The third kappa shape index (κ3) is 4.49. The van der Waals surface area contributed by atoms with Gasteiger partial charge in [0.2, 0.25) is 17.5 Å². The van der Waals surface area contributed by atoms with E-state index in [1.807, 2.05) is 5.32 Å². The van der Waals surface area contributed by atoms with Crippen molar-refractivity contribution in [3.8, 4) is 5.75 Å². The minimum Gasteiger partial charge on any atom is -0.507 e. The number of carboxylic acid groups (broad SMARTS) is 1. The Kier molecular flexibility index (Phi) is 7.08. The van der Waals surface area contributed by atoms with Crippen LogP contribution in [0.5, 0.6) is 5.75 Å². The van der Waals surface area contributed by atoms with Crippen molar-refractivity contribution in [1.82, 2.24) is 10.2 Å². The largest absolute Gasteiger partial charge is 0.507 e. The molecule has 4 N–H and O–H groups in total. The number of hydrogen-bond donors (Lipinski definition) is 4. The van der Waals surface area contributed by atoms with Gasteiger partial charge in [-0.3, -0.25) is 18.9 Å². The number of carbonyl (C=O) groups excluding carboxylic acids is 3. The van der Waals surface area contributed by atoms with E-state index >= 15 is 0 Å². The molecule has 15 heteroatoms. The van der Waals surface area contributed by atoms with Crippen LogP contribution in [0.4, 0.5) is 5.69 Å². The van der Waals surface area contributed by atoms with E-state index in [2.05, 4.69) is 10.0 Å². The zero-order valence-electron chi connectivity index (χ0n) is 16.6. The molecule has 0 aliphatic carbocycles. The topological polar surface area (TPSA) is 227 Å². The van der Waals surface area contributed by atoms with Crippen LogP contribution in [0, 0.1) is 0 Å². The standard InChI is InChI=1S/C17H19N5O9S/c1-2-3-12(32(29,30)31)17(16(27)28,22-13(24)6-7-14(22)25)19-15(26)10-5-4-9(20-21-18)8-11(10)23/h4-5,8,12,23H,2-3,6-7H2,1H3,(H,19,26)(H,27,28)(H,29,30,31). The summed E-state index contributed by atoms with van der Waals surface area (Å²) in [4.78, 5) is 52.7. The number of benzene rings is 1. The number of amides is 3. The Morgan fingerprint density at radius 3 is 2.34 bits per heavy atom. The molecule has 2 unspecified atom stereocenters. The number of hydrogen-bond acceptors (Lipinski definition) is 8. The maximum absolute atomic E-state index is 12.9. The molecule has 0 aromatic heterocycles. The fourth-order valence-electron chi connectivity index (χ4n) is 3.44. The number of azide groups is 1. The maximum Gasteiger partial charge on any atom is 0.352 e. The van der Waals surface area contributed by atoms with Crippen LogP contribution >= 0.6 is 0 Å². The Labute approximate surface area is 181 Å². The number of nitrogens with zero attached hydrogens (tertiary/aromatic N) is 4. The molecular formula is C17H19N5O9S. The molecule has 2 rings (SSSR count). The first kappa shape index (κ1) is 24.6. The van der Waals surface area contributed by atoms with Gasteiger partial charge in [-0.2, -0.15) is 8.42 Å². The lowest BCUT2D eigenvalue weighted by molar-refractivity contribution is -0.165. The molecule has 0 saturated carbocycles. The Hall–Kier alpha value is -3.68. The van der Waals surface area contributed by atoms with E-state index in [0.717, 1.165) is 18.2 Å². The molecule has 3 amide bonds. The molecule has 32 heavy (non-hydrogen) atoms. The van der Waals surface area contributed by atoms with Gasteiger partial charge in [0.25, 0.3) is 16.0 Å². The summed E-state index contributed by atoms with van der Waals surface area (Å²) in [5.41, 5.74) is 4.59. The lowest BCUT2D eigenvalue weighted by Crippen LogP contribution is -2.74. The second-order valence-electron chi connectivity index (χ2n) is 6.83. The van der Waals surface area contributed by atoms with Gasteiger partial charge >= 0.3 is 5.97 Å². The first-order chi connectivity index (χ1) is 14.9. The van der Waals surface area contributed by atoms with Crippen LogP contribution in [0.25, 0.3) is 10.4 Å². The molecule has 14 nitrogen and oxygen atoms in total.